The quantitative estimate of drug-likeness (QED) is 0.806. The third-order valence-electron chi connectivity index (χ3n) is 2.81. The summed E-state index contributed by atoms with van der Waals surface area (Å²) >= 11 is 0. The van der Waals surface area contributed by atoms with Crippen molar-refractivity contribution in [2.24, 2.45) is 5.73 Å². The molecule has 0 aliphatic heterocycles. The third kappa shape index (κ3) is 3.59. The number of hydrogen-bond acceptors (Lipinski definition) is 3. The van der Waals surface area contributed by atoms with Crippen LogP contribution in [0.4, 0.5) is 14.9 Å². The molecule has 2 rings (SSSR count). The van der Waals surface area contributed by atoms with Crippen molar-refractivity contribution < 1.29 is 18.4 Å². The van der Waals surface area contributed by atoms with Crippen LogP contribution in [0.15, 0.2) is 41.0 Å². The van der Waals surface area contributed by atoms with E-state index in [0.29, 0.717) is 5.76 Å². The van der Waals surface area contributed by atoms with Crippen molar-refractivity contribution in [3.63, 3.8) is 0 Å². The zero-order valence-electron chi connectivity index (χ0n) is 11.2. The van der Waals surface area contributed by atoms with Gasteiger partial charge >= 0.3 is 6.03 Å². The van der Waals surface area contributed by atoms with Crippen LogP contribution in [-0.2, 0) is 0 Å². The average Bonchev–Trinajstić information content (AvgIpc) is 2.94. The minimum atomic E-state index is -0.902. The van der Waals surface area contributed by atoms with Gasteiger partial charge in [-0.1, -0.05) is 0 Å². The van der Waals surface area contributed by atoms with E-state index >= 15 is 0 Å². The fourth-order valence-electron chi connectivity index (χ4n) is 1.76. The van der Waals surface area contributed by atoms with Gasteiger partial charge in [0.15, 0.2) is 0 Å². The topological polar surface area (TPSA) is 97.4 Å². The largest absolute Gasteiger partial charge is 0.467 e. The second-order valence-electron chi connectivity index (χ2n) is 4.39. The number of nitrogens with two attached hydrogens (primary N) is 1. The van der Waals surface area contributed by atoms with E-state index in [1.165, 1.54) is 18.4 Å². The summed E-state index contributed by atoms with van der Waals surface area (Å²) in [6.07, 6.45) is 1.50. The van der Waals surface area contributed by atoms with Crippen LogP contribution in [0.25, 0.3) is 0 Å². The highest BCUT2D eigenvalue weighted by Crippen LogP contribution is 2.16. The molecule has 1 unspecified atom stereocenters. The standard InChI is InChI=1S/C14H14FN3O3/c1-8(12-3-2-6-21-12)17-14(20)18-9-4-5-11(15)10(7-9)13(16)19/h2-8H,1H3,(H2,16,19)(H2,17,18,20). The molecular formula is C14H14FN3O3. The van der Waals surface area contributed by atoms with Gasteiger partial charge in [0.05, 0.1) is 17.9 Å². The summed E-state index contributed by atoms with van der Waals surface area (Å²) < 4.78 is 18.5. The Balaban J connectivity index is 2.03. The number of hydrogen-bond donors (Lipinski definition) is 3. The zero-order valence-corrected chi connectivity index (χ0v) is 11.2. The molecule has 4 N–H and O–H groups in total. The molecule has 0 saturated carbocycles. The first-order valence-corrected chi connectivity index (χ1v) is 6.17. The van der Waals surface area contributed by atoms with Crippen LogP contribution in [0.1, 0.15) is 29.1 Å². The van der Waals surface area contributed by atoms with Gasteiger partial charge in [-0.2, -0.15) is 0 Å². The normalized spacial score (nSPS) is 11.7. The molecule has 0 aliphatic rings. The molecule has 0 radical (unpaired) electrons. The number of rotatable bonds is 4. The van der Waals surface area contributed by atoms with Gasteiger partial charge in [0.1, 0.15) is 11.6 Å². The summed E-state index contributed by atoms with van der Waals surface area (Å²) in [5, 5.41) is 5.13. The number of benzene rings is 1. The molecule has 1 atom stereocenters. The Morgan fingerprint density at radius 3 is 2.71 bits per heavy atom. The molecule has 1 aromatic heterocycles. The monoisotopic (exact) mass is 291 g/mol. The van der Waals surface area contributed by atoms with Crippen LogP contribution in [0.5, 0.6) is 0 Å². The molecule has 0 fully saturated rings. The van der Waals surface area contributed by atoms with Crippen molar-refractivity contribution in [2.45, 2.75) is 13.0 Å². The van der Waals surface area contributed by atoms with Gasteiger partial charge in [0.25, 0.3) is 5.91 Å². The van der Waals surface area contributed by atoms with Crippen LogP contribution >= 0.6 is 0 Å². The SMILES string of the molecule is CC(NC(=O)Nc1ccc(F)c(C(N)=O)c1)c1ccco1. The number of amides is 3. The minimum Gasteiger partial charge on any atom is -0.467 e. The lowest BCUT2D eigenvalue weighted by molar-refractivity contribution is 0.0996. The number of furan rings is 1. The predicted octanol–water partition coefficient (Wildman–Crippen LogP) is 2.40. The Hall–Kier alpha value is -2.83. The molecule has 0 bridgehead atoms. The van der Waals surface area contributed by atoms with Crippen LogP contribution in [0.3, 0.4) is 0 Å². The second-order valence-corrected chi connectivity index (χ2v) is 4.39. The van der Waals surface area contributed by atoms with Crippen molar-refractivity contribution in [2.75, 3.05) is 5.32 Å². The van der Waals surface area contributed by atoms with E-state index in [1.807, 2.05) is 0 Å². The van der Waals surface area contributed by atoms with Crippen molar-refractivity contribution in [1.82, 2.24) is 5.32 Å². The lowest BCUT2D eigenvalue weighted by atomic mass is 10.2. The third-order valence-corrected chi connectivity index (χ3v) is 2.81. The number of carbonyl (C=O) groups excluding carboxylic acids is 2. The molecule has 2 aromatic rings. The highest BCUT2D eigenvalue weighted by molar-refractivity contribution is 5.96. The molecule has 1 aromatic carbocycles. The van der Waals surface area contributed by atoms with Gasteiger partial charge in [-0.25, -0.2) is 9.18 Å². The first-order valence-electron chi connectivity index (χ1n) is 6.17. The van der Waals surface area contributed by atoms with Crippen molar-refractivity contribution in [3.05, 3.63) is 53.7 Å². The summed E-state index contributed by atoms with van der Waals surface area (Å²) in [6.45, 7) is 1.75. The number of carbonyl (C=O) groups is 2. The lowest BCUT2D eigenvalue weighted by Crippen LogP contribution is -2.31. The summed E-state index contributed by atoms with van der Waals surface area (Å²) in [5.41, 5.74) is 5.01. The van der Waals surface area contributed by atoms with Crippen molar-refractivity contribution in [1.29, 1.82) is 0 Å². The van der Waals surface area contributed by atoms with E-state index in [1.54, 1.807) is 19.1 Å². The molecular weight excluding hydrogens is 277 g/mol. The number of nitrogens with one attached hydrogen (secondary N) is 2. The summed E-state index contributed by atoms with van der Waals surface area (Å²) in [7, 11) is 0. The van der Waals surface area contributed by atoms with Gasteiger partial charge in [-0.15, -0.1) is 0 Å². The van der Waals surface area contributed by atoms with Crippen LogP contribution in [-0.4, -0.2) is 11.9 Å². The Bertz CT molecular complexity index is 655. The van der Waals surface area contributed by atoms with E-state index in [-0.39, 0.29) is 17.3 Å². The highest BCUT2D eigenvalue weighted by Gasteiger charge is 2.13. The Labute approximate surface area is 120 Å². The maximum absolute atomic E-state index is 13.3. The summed E-state index contributed by atoms with van der Waals surface area (Å²) in [4.78, 5) is 22.8. The van der Waals surface area contributed by atoms with E-state index in [0.717, 1.165) is 6.07 Å². The molecule has 21 heavy (non-hydrogen) atoms. The molecule has 0 saturated heterocycles. The Morgan fingerprint density at radius 1 is 1.33 bits per heavy atom. The zero-order chi connectivity index (χ0) is 15.4. The molecule has 0 aliphatic carbocycles. The van der Waals surface area contributed by atoms with E-state index < -0.39 is 17.8 Å². The number of urea groups is 1. The first-order chi connectivity index (χ1) is 9.97. The second kappa shape index (κ2) is 6.08. The van der Waals surface area contributed by atoms with Crippen LogP contribution in [0.2, 0.25) is 0 Å². The van der Waals surface area contributed by atoms with Crippen molar-refractivity contribution >= 4 is 17.6 Å². The smallest absolute Gasteiger partial charge is 0.319 e. The number of primary amides is 1. The first kappa shape index (κ1) is 14.6. The molecule has 7 heteroatoms. The molecule has 110 valence electrons. The predicted molar refractivity (Wildman–Crippen MR) is 74.2 cm³/mol. The van der Waals surface area contributed by atoms with Gasteiger partial charge in [-0.05, 0) is 37.3 Å². The maximum atomic E-state index is 13.3. The lowest BCUT2D eigenvalue weighted by Gasteiger charge is -2.13. The molecule has 1 heterocycles. The van der Waals surface area contributed by atoms with Crippen LogP contribution in [0, 0.1) is 5.82 Å². The molecule has 0 spiro atoms. The Kier molecular flexibility index (Phi) is 4.22. The van der Waals surface area contributed by atoms with Gasteiger partial charge in [0, 0.05) is 5.69 Å². The fourth-order valence-corrected chi connectivity index (χ4v) is 1.76. The van der Waals surface area contributed by atoms with Crippen molar-refractivity contribution in [3.8, 4) is 0 Å². The average molecular weight is 291 g/mol. The Morgan fingerprint density at radius 2 is 2.10 bits per heavy atom. The van der Waals surface area contributed by atoms with Gasteiger partial charge < -0.3 is 20.8 Å². The number of halogens is 1. The van der Waals surface area contributed by atoms with Gasteiger partial charge in [0.2, 0.25) is 0 Å². The summed E-state index contributed by atoms with van der Waals surface area (Å²) in [5.74, 6) is -1.04. The molecule has 6 nitrogen and oxygen atoms in total. The molecule has 3 amide bonds. The minimum absolute atomic E-state index is 0.259. The van der Waals surface area contributed by atoms with E-state index in [9.17, 15) is 14.0 Å². The van der Waals surface area contributed by atoms with Gasteiger partial charge in [-0.3, -0.25) is 4.79 Å². The highest BCUT2D eigenvalue weighted by atomic mass is 19.1. The van der Waals surface area contributed by atoms with E-state index in [2.05, 4.69) is 10.6 Å². The van der Waals surface area contributed by atoms with E-state index in [4.69, 9.17) is 10.2 Å². The fraction of sp³-hybridized carbons (Fsp3) is 0.143. The maximum Gasteiger partial charge on any atom is 0.319 e. The number of anilines is 1. The summed E-state index contributed by atoms with van der Waals surface area (Å²) in [6, 6.07) is 6.16. The van der Waals surface area contributed by atoms with Crippen LogP contribution < -0.4 is 16.4 Å².